The van der Waals surface area contributed by atoms with E-state index in [0.29, 0.717) is 6.61 Å². The van der Waals surface area contributed by atoms with Crippen molar-refractivity contribution in [3.8, 4) is 0 Å². The lowest BCUT2D eigenvalue weighted by molar-refractivity contribution is -0.145. The molecule has 0 bridgehead atoms. The second kappa shape index (κ2) is 6.85. The lowest BCUT2D eigenvalue weighted by Crippen LogP contribution is -2.39. The van der Waals surface area contributed by atoms with Crippen molar-refractivity contribution in [3.63, 3.8) is 0 Å². The van der Waals surface area contributed by atoms with Crippen molar-refractivity contribution in [2.45, 2.75) is 6.54 Å². The highest BCUT2D eigenvalue weighted by atomic mass is 16.5. The summed E-state index contributed by atoms with van der Waals surface area (Å²) < 4.78 is 6.61. The number of amides is 1. The molecule has 0 aliphatic rings. The van der Waals surface area contributed by atoms with Gasteiger partial charge >= 0.3 is 5.97 Å². The predicted molar refractivity (Wildman–Crippen MR) is 75.8 cm³/mol. The summed E-state index contributed by atoms with van der Waals surface area (Å²) >= 11 is 0. The number of carbonyl (C=O) groups excluding carboxylic acids is 1. The molecule has 1 N–H and O–H groups in total. The number of nitrogens with zero attached hydrogens (tertiary/aromatic N) is 3. The zero-order chi connectivity index (χ0) is 15.2. The average Bonchev–Trinajstić information content (AvgIpc) is 2.86. The summed E-state index contributed by atoms with van der Waals surface area (Å²) in [6.45, 7) is 0.254. The lowest BCUT2D eigenvalue weighted by Gasteiger charge is -2.20. The number of methoxy groups -OCH3 is 1. The number of imidazole rings is 1. The minimum Gasteiger partial charge on any atom is -0.480 e. The molecule has 1 aromatic carbocycles. The molecule has 0 saturated carbocycles. The molecule has 0 radical (unpaired) electrons. The van der Waals surface area contributed by atoms with Crippen LogP contribution in [-0.2, 0) is 20.9 Å². The summed E-state index contributed by atoms with van der Waals surface area (Å²) in [6, 6.07) is 7.46. The standard InChI is InChI=1S/C14H17N3O4/c1-21-7-6-16(9-14(19)20)13(18)8-17-10-15-11-4-2-3-5-12(11)17/h2-5,10H,6-9H2,1H3,(H,19,20). The van der Waals surface area contributed by atoms with Crippen LogP contribution < -0.4 is 0 Å². The van der Waals surface area contributed by atoms with Gasteiger partial charge in [0.05, 0.1) is 24.0 Å². The average molecular weight is 291 g/mol. The van der Waals surface area contributed by atoms with Crippen LogP contribution in [0.4, 0.5) is 0 Å². The fourth-order valence-electron chi connectivity index (χ4n) is 2.04. The van der Waals surface area contributed by atoms with Crippen molar-refractivity contribution in [1.82, 2.24) is 14.5 Å². The van der Waals surface area contributed by atoms with Gasteiger partial charge in [0.15, 0.2) is 0 Å². The highest BCUT2D eigenvalue weighted by Crippen LogP contribution is 2.12. The highest BCUT2D eigenvalue weighted by Gasteiger charge is 2.17. The van der Waals surface area contributed by atoms with E-state index in [0.717, 1.165) is 11.0 Å². The molecule has 0 aliphatic carbocycles. The minimum absolute atomic E-state index is 0.0531. The van der Waals surface area contributed by atoms with E-state index in [1.165, 1.54) is 12.0 Å². The molecule has 0 spiro atoms. The van der Waals surface area contributed by atoms with Crippen LogP contribution in [0.1, 0.15) is 0 Å². The summed E-state index contributed by atoms with van der Waals surface area (Å²) in [5.74, 6) is -1.33. The Labute approximate surface area is 121 Å². The van der Waals surface area contributed by atoms with E-state index in [1.807, 2.05) is 24.3 Å². The van der Waals surface area contributed by atoms with E-state index >= 15 is 0 Å². The van der Waals surface area contributed by atoms with Crippen molar-refractivity contribution in [3.05, 3.63) is 30.6 Å². The molecule has 7 heteroatoms. The Morgan fingerprint density at radius 1 is 1.38 bits per heavy atom. The Kier molecular flexibility index (Phi) is 4.89. The van der Waals surface area contributed by atoms with Gasteiger partial charge in [-0.3, -0.25) is 9.59 Å². The van der Waals surface area contributed by atoms with Crippen molar-refractivity contribution < 1.29 is 19.4 Å². The molecule has 1 heterocycles. The van der Waals surface area contributed by atoms with Crippen LogP contribution >= 0.6 is 0 Å². The monoisotopic (exact) mass is 291 g/mol. The van der Waals surface area contributed by atoms with Crippen molar-refractivity contribution in [1.29, 1.82) is 0 Å². The first-order valence-corrected chi connectivity index (χ1v) is 6.50. The van der Waals surface area contributed by atoms with Crippen LogP contribution in [0.2, 0.25) is 0 Å². The Morgan fingerprint density at radius 2 is 2.14 bits per heavy atom. The highest BCUT2D eigenvalue weighted by molar-refractivity contribution is 5.83. The molecule has 0 atom stereocenters. The first-order valence-electron chi connectivity index (χ1n) is 6.50. The third-order valence-corrected chi connectivity index (χ3v) is 3.08. The Hall–Kier alpha value is -2.41. The first kappa shape index (κ1) is 15.0. The number of rotatable bonds is 7. The first-order chi connectivity index (χ1) is 10.1. The number of carbonyl (C=O) groups is 2. The number of carboxylic acids is 1. The maximum atomic E-state index is 12.3. The molecule has 0 fully saturated rings. The normalized spacial score (nSPS) is 10.7. The molecule has 2 aromatic rings. The van der Waals surface area contributed by atoms with Gasteiger partial charge in [-0.15, -0.1) is 0 Å². The van der Waals surface area contributed by atoms with E-state index in [2.05, 4.69) is 4.98 Å². The van der Waals surface area contributed by atoms with Crippen LogP contribution in [-0.4, -0.2) is 58.2 Å². The number of fused-ring (bicyclic) bond motifs is 1. The lowest BCUT2D eigenvalue weighted by atomic mass is 10.3. The largest absolute Gasteiger partial charge is 0.480 e. The Balaban J connectivity index is 2.11. The number of hydrogen-bond donors (Lipinski definition) is 1. The molecule has 1 amide bonds. The number of ether oxygens (including phenoxy) is 1. The maximum absolute atomic E-state index is 12.3. The predicted octanol–water partition coefficient (Wildman–Crippen LogP) is 0.596. The second-order valence-corrected chi connectivity index (χ2v) is 4.56. The molecule has 7 nitrogen and oxygen atoms in total. The van der Waals surface area contributed by atoms with Crippen LogP contribution in [0.15, 0.2) is 30.6 Å². The van der Waals surface area contributed by atoms with Crippen LogP contribution in [0.5, 0.6) is 0 Å². The van der Waals surface area contributed by atoms with Crippen LogP contribution in [0.3, 0.4) is 0 Å². The van der Waals surface area contributed by atoms with Gasteiger partial charge in [-0.05, 0) is 12.1 Å². The molecule has 1 aromatic heterocycles. The quantitative estimate of drug-likeness (QED) is 0.807. The Bertz CT molecular complexity index is 638. The Morgan fingerprint density at radius 3 is 2.86 bits per heavy atom. The van der Waals surface area contributed by atoms with Crippen molar-refractivity contribution in [2.24, 2.45) is 0 Å². The van der Waals surface area contributed by atoms with E-state index in [-0.39, 0.29) is 25.5 Å². The van der Waals surface area contributed by atoms with Gasteiger partial charge in [0.1, 0.15) is 13.1 Å². The van der Waals surface area contributed by atoms with Crippen LogP contribution in [0.25, 0.3) is 11.0 Å². The number of hydrogen-bond acceptors (Lipinski definition) is 4. The molecule has 112 valence electrons. The zero-order valence-electron chi connectivity index (χ0n) is 11.7. The van der Waals surface area contributed by atoms with E-state index in [9.17, 15) is 9.59 Å². The summed E-state index contributed by atoms with van der Waals surface area (Å²) in [4.78, 5) is 28.6. The van der Waals surface area contributed by atoms with Gasteiger partial charge in [-0.1, -0.05) is 12.1 Å². The summed E-state index contributed by atoms with van der Waals surface area (Å²) in [5.41, 5.74) is 1.64. The maximum Gasteiger partial charge on any atom is 0.323 e. The van der Waals surface area contributed by atoms with E-state index in [4.69, 9.17) is 9.84 Å². The minimum atomic E-state index is -1.05. The molecular weight excluding hydrogens is 274 g/mol. The molecule has 0 saturated heterocycles. The third kappa shape index (κ3) is 3.79. The van der Waals surface area contributed by atoms with Crippen molar-refractivity contribution in [2.75, 3.05) is 26.8 Å². The van der Waals surface area contributed by atoms with Gasteiger partial charge in [0.25, 0.3) is 0 Å². The molecule has 0 unspecified atom stereocenters. The summed E-state index contributed by atoms with van der Waals surface area (Å²) in [5, 5.41) is 8.88. The smallest absolute Gasteiger partial charge is 0.323 e. The molecular formula is C14H17N3O4. The number of aliphatic carboxylic acids is 1. The van der Waals surface area contributed by atoms with Gasteiger partial charge in [0, 0.05) is 13.7 Å². The number of aromatic nitrogens is 2. The van der Waals surface area contributed by atoms with Gasteiger partial charge in [0.2, 0.25) is 5.91 Å². The van der Waals surface area contributed by atoms with E-state index in [1.54, 1.807) is 10.9 Å². The van der Waals surface area contributed by atoms with Gasteiger partial charge in [-0.25, -0.2) is 4.98 Å². The van der Waals surface area contributed by atoms with Crippen molar-refractivity contribution >= 4 is 22.9 Å². The molecule has 21 heavy (non-hydrogen) atoms. The summed E-state index contributed by atoms with van der Waals surface area (Å²) in [6.07, 6.45) is 1.58. The SMILES string of the molecule is COCCN(CC(=O)O)C(=O)Cn1cnc2ccccc21. The van der Waals surface area contributed by atoms with Crippen LogP contribution in [0, 0.1) is 0 Å². The zero-order valence-corrected chi connectivity index (χ0v) is 11.7. The second-order valence-electron chi connectivity index (χ2n) is 4.56. The third-order valence-electron chi connectivity index (χ3n) is 3.08. The van der Waals surface area contributed by atoms with Gasteiger partial charge in [-0.2, -0.15) is 0 Å². The molecule has 2 rings (SSSR count). The topological polar surface area (TPSA) is 84.7 Å². The molecule has 0 aliphatic heterocycles. The fraction of sp³-hybridized carbons (Fsp3) is 0.357. The summed E-state index contributed by atoms with van der Waals surface area (Å²) in [7, 11) is 1.51. The van der Waals surface area contributed by atoms with E-state index < -0.39 is 5.97 Å². The number of benzene rings is 1. The fourth-order valence-corrected chi connectivity index (χ4v) is 2.04. The number of carboxylic acid groups (broad SMARTS) is 1. The van der Waals surface area contributed by atoms with Gasteiger partial charge < -0.3 is 19.3 Å². The number of para-hydroxylation sites is 2.